The Morgan fingerprint density at radius 3 is 1.58 bits per heavy atom. The number of halogens is 11. The van der Waals surface area contributed by atoms with Crippen LogP contribution in [0.5, 0.6) is 0 Å². The second-order valence-corrected chi connectivity index (χ2v) is 20.3. The second-order valence-electron chi connectivity index (χ2n) is 19.0. The van der Waals surface area contributed by atoms with Crippen molar-refractivity contribution in [2.75, 3.05) is 171 Å². The molecule has 3 rings (SSSR count). The molecule has 0 saturated carbocycles. The molecule has 0 spiro atoms. The maximum absolute atomic E-state index is 14.3. The van der Waals surface area contributed by atoms with Crippen molar-refractivity contribution in [2.45, 2.75) is 106 Å². The monoisotopic (exact) mass is 1290 g/mol. The Bertz CT molecular complexity index is 2030. The van der Waals surface area contributed by atoms with Crippen LogP contribution in [0.2, 0.25) is 0 Å². The van der Waals surface area contributed by atoms with E-state index in [9.17, 15) is 67.5 Å². The molecule has 86 heavy (non-hydrogen) atoms. The summed E-state index contributed by atoms with van der Waals surface area (Å²) in [5.74, 6) is -11.9. The fourth-order valence-electron chi connectivity index (χ4n) is 7.62. The van der Waals surface area contributed by atoms with Gasteiger partial charge in [0.05, 0.1) is 165 Å². The average molecular weight is 1290 g/mol. The van der Waals surface area contributed by atoms with Gasteiger partial charge in [-0.1, -0.05) is 11.6 Å². The number of unbranched alkanes of at least 4 members (excludes halogenated alkanes) is 1. The first kappa shape index (κ1) is 76.3. The van der Waals surface area contributed by atoms with Crippen LogP contribution in [0.15, 0.2) is 6.20 Å². The van der Waals surface area contributed by atoms with Gasteiger partial charge in [0.25, 0.3) is 11.8 Å². The first-order valence-corrected chi connectivity index (χ1v) is 28.8. The van der Waals surface area contributed by atoms with Gasteiger partial charge in [-0.15, -0.1) is 5.10 Å². The summed E-state index contributed by atoms with van der Waals surface area (Å²) in [5.41, 5.74) is 0.669. The third-order valence-electron chi connectivity index (χ3n) is 11.9. The highest BCUT2D eigenvalue weighted by Gasteiger charge is 2.76. The third-order valence-corrected chi connectivity index (χ3v) is 13.5. The molecular formula is C50H80F11N7O17S. The number of rotatable bonds is 53. The molecule has 1 aromatic heterocycles. The number of carbonyl (C=O) groups is 4. The van der Waals surface area contributed by atoms with Gasteiger partial charge in [-0.05, 0) is 12.8 Å². The van der Waals surface area contributed by atoms with Gasteiger partial charge in [-0.3, -0.25) is 23.9 Å². The summed E-state index contributed by atoms with van der Waals surface area (Å²) in [6, 6.07) is 0.315. The molecule has 1 aromatic rings. The van der Waals surface area contributed by atoms with Crippen molar-refractivity contribution in [3.8, 4) is 0 Å². The molecule has 2 aliphatic heterocycles. The van der Waals surface area contributed by atoms with Crippen molar-refractivity contribution in [1.82, 2.24) is 36.3 Å². The fourth-order valence-corrected chi connectivity index (χ4v) is 9.27. The topological polar surface area (TPSA) is 267 Å². The van der Waals surface area contributed by atoms with Crippen LogP contribution in [0, 0.1) is 5.92 Å². The molecule has 3 heterocycles. The first-order valence-electron chi connectivity index (χ1n) is 27.8. The molecule has 2 aliphatic rings. The minimum absolute atomic E-state index is 0.0174. The molecule has 0 radical (unpaired) electrons. The zero-order chi connectivity index (χ0) is 63.2. The quantitative estimate of drug-likeness (QED) is 0.0538. The van der Waals surface area contributed by atoms with E-state index in [-0.39, 0.29) is 104 Å². The summed E-state index contributed by atoms with van der Waals surface area (Å²) in [6.07, 6.45) is -18.2. The Morgan fingerprint density at radius 1 is 0.628 bits per heavy atom. The zero-order valence-corrected chi connectivity index (χ0v) is 48.6. The number of carbonyl (C=O) groups excluding carboxylic acids is 4. The Morgan fingerprint density at radius 2 is 1.09 bits per heavy atom. The van der Waals surface area contributed by atoms with Gasteiger partial charge in [0.2, 0.25) is 23.8 Å². The van der Waals surface area contributed by atoms with Crippen molar-refractivity contribution in [2.24, 2.45) is 5.92 Å². The van der Waals surface area contributed by atoms with E-state index in [4.69, 9.17) is 52.1 Å². The Kier molecular flexibility index (Phi) is 37.4. The maximum Gasteiger partial charge on any atom is 0.457 e. The molecule has 5 atom stereocenters. The van der Waals surface area contributed by atoms with Gasteiger partial charge < -0.3 is 78.1 Å². The molecule has 0 aliphatic carbocycles. The molecule has 4 amide bonds. The molecule has 2 fully saturated rings. The Hall–Kier alpha value is -3.92. The van der Waals surface area contributed by atoms with Crippen LogP contribution >= 0.6 is 11.8 Å². The molecule has 0 aromatic carbocycles. The van der Waals surface area contributed by atoms with Crippen LogP contribution in [-0.2, 0) is 93.8 Å². The zero-order valence-electron chi connectivity index (χ0n) is 47.8. The van der Waals surface area contributed by atoms with Crippen molar-refractivity contribution >= 4 is 35.4 Å². The van der Waals surface area contributed by atoms with Crippen LogP contribution in [0.4, 0.5) is 48.3 Å². The van der Waals surface area contributed by atoms with Crippen molar-refractivity contribution < 1.29 is 129 Å². The number of ether oxygens (including phenoxy) is 13. The summed E-state index contributed by atoms with van der Waals surface area (Å²) >= 11 is 1.93. The van der Waals surface area contributed by atoms with Crippen molar-refractivity contribution in [3.63, 3.8) is 0 Å². The number of nitrogens with zero attached hydrogens (tertiary/aromatic N) is 3. The van der Waals surface area contributed by atoms with E-state index < -0.39 is 62.0 Å². The van der Waals surface area contributed by atoms with Crippen molar-refractivity contribution in [3.05, 3.63) is 11.9 Å². The summed E-state index contributed by atoms with van der Waals surface area (Å²) in [6.45, 7) is 2.54. The van der Waals surface area contributed by atoms with E-state index in [0.29, 0.717) is 122 Å². The summed E-state index contributed by atoms with van der Waals surface area (Å²) in [5, 5.41) is 18.8. The number of hydrogen-bond acceptors (Lipinski definition) is 20. The highest BCUT2D eigenvalue weighted by molar-refractivity contribution is 8.00. The predicted molar refractivity (Wildman–Crippen MR) is 279 cm³/mol. The minimum atomic E-state index is -6.88. The van der Waals surface area contributed by atoms with E-state index in [2.05, 4.69) is 35.7 Å². The van der Waals surface area contributed by atoms with Crippen LogP contribution in [0.25, 0.3) is 0 Å². The maximum atomic E-state index is 14.3. The largest absolute Gasteiger partial charge is 0.457 e. The van der Waals surface area contributed by atoms with E-state index in [0.717, 1.165) is 25.0 Å². The number of amides is 4. The molecule has 24 nitrogen and oxygen atoms in total. The third kappa shape index (κ3) is 33.1. The molecular weight excluding hydrogens is 1210 g/mol. The number of hydrogen-bond donors (Lipinski definition) is 4. The predicted octanol–water partition coefficient (Wildman–Crippen LogP) is 3.32. The lowest BCUT2D eigenvalue weighted by Crippen LogP contribution is -2.62. The van der Waals surface area contributed by atoms with Gasteiger partial charge in [0.15, 0.2) is 0 Å². The first-order chi connectivity index (χ1) is 40.9. The lowest BCUT2D eigenvalue weighted by molar-refractivity contribution is -0.474. The van der Waals surface area contributed by atoms with E-state index in [1.165, 1.54) is 5.32 Å². The SMILES string of the molecule is CC(F)(F)COC(F)(C(F)(F)F)C(F)(F)OC(C(=O)NCCOCCOCCOCCOCCOCCNC(=O)CCOCCOCCOCCOCCOCCOCCn1cc(CNC(=O)CCCC[C@@H]2SC[C@@H]3NC(=O)C[C@@H]32)nn1)C(F)(F)F. The highest BCUT2D eigenvalue weighted by Crippen LogP contribution is 2.49. The fraction of sp³-hybridized carbons (Fsp3) is 0.880. The van der Waals surface area contributed by atoms with Gasteiger partial charge in [-0.2, -0.15) is 51.3 Å². The van der Waals surface area contributed by atoms with Crippen LogP contribution in [-0.4, -0.2) is 257 Å². The Labute approximate surface area is 494 Å². The summed E-state index contributed by atoms with van der Waals surface area (Å²) < 4.78 is 214. The minimum Gasteiger partial charge on any atom is -0.379 e. The average Bonchev–Trinajstić information content (AvgIpc) is 1.11. The molecule has 0 bridgehead atoms. The standard InChI is InChI=1S/C50H80F11N7O17S/c1-46(51,52)36-84-48(56,49(57,58)59)50(60,61)85-44(47(53,54)55)45(72)63-8-12-75-16-20-79-24-28-82-27-23-78-19-15-74-11-7-62-42(70)6-10-73-14-18-77-22-26-81-30-31-83-29-25-80-21-17-76-13-9-68-34-37(66-67-68)33-64-41(69)5-3-2-4-40-38-32-43(71)65-39(38)35-86-40/h34,38-40,44H,2-33,35-36H2,1H3,(H,62,70)(H,63,72)(H,64,69)(H,65,71)/t38-,39-,40-,44?,48?/m0/s1. The normalized spacial score (nSPS) is 17.6. The van der Waals surface area contributed by atoms with Gasteiger partial charge in [-0.25, -0.2) is 13.5 Å². The van der Waals surface area contributed by atoms with E-state index in [1.54, 1.807) is 10.9 Å². The Balaban J connectivity index is 0.978. The molecule has 4 N–H and O–H groups in total. The lowest BCUT2D eigenvalue weighted by atomic mass is 9.94. The molecule has 2 saturated heterocycles. The van der Waals surface area contributed by atoms with E-state index in [1.807, 2.05) is 11.8 Å². The number of thioether (sulfide) groups is 1. The highest BCUT2D eigenvalue weighted by atomic mass is 32.2. The van der Waals surface area contributed by atoms with Gasteiger partial charge in [0.1, 0.15) is 12.3 Å². The molecule has 36 heteroatoms. The smallest absolute Gasteiger partial charge is 0.379 e. The number of nitrogens with one attached hydrogen (secondary N) is 4. The summed E-state index contributed by atoms with van der Waals surface area (Å²) in [7, 11) is 0. The number of aromatic nitrogens is 3. The van der Waals surface area contributed by atoms with E-state index >= 15 is 0 Å². The van der Waals surface area contributed by atoms with Crippen LogP contribution < -0.4 is 21.3 Å². The lowest BCUT2D eigenvalue weighted by Gasteiger charge is -2.36. The van der Waals surface area contributed by atoms with Crippen LogP contribution in [0.3, 0.4) is 0 Å². The van der Waals surface area contributed by atoms with Crippen LogP contribution in [0.1, 0.15) is 51.1 Å². The number of fused-ring (bicyclic) bond motifs is 1. The second kappa shape index (κ2) is 42.1. The summed E-state index contributed by atoms with van der Waals surface area (Å²) in [4.78, 5) is 47.9. The molecule has 2 unspecified atom stereocenters. The number of alkyl halides is 11. The van der Waals surface area contributed by atoms with Gasteiger partial charge >= 0.3 is 24.3 Å². The van der Waals surface area contributed by atoms with Crippen molar-refractivity contribution in [1.29, 1.82) is 0 Å². The molecule has 500 valence electrons. The van der Waals surface area contributed by atoms with Gasteiger partial charge in [0, 0.05) is 62.2 Å².